The van der Waals surface area contributed by atoms with Crippen LogP contribution in [-0.2, 0) is 11.3 Å². The van der Waals surface area contributed by atoms with Gasteiger partial charge in [0.15, 0.2) is 5.78 Å². The van der Waals surface area contributed by atoms with Crippen molar-refractivity contribution in [2.75, 3.05) is 5.32 Å². The minimum Gasteiger partial charge on any atom is -0.397 e. The van der Waals surface area contributed by atoms with E-state index in [0.717, 1.165) is 34.5 Å². The van der Waals surface area contributed by atoms with Crippen molar-refractivity contribution in [2.45, 2.75) is 26.3 Å². The van der Waals surface area contributed by atoms with Crippen molar-refractivity contribution in [3.63, 3.8) is 0 Å². The molecule has 0 unspecified atom stereocenters. The molecule has 0 bridgehead atoms. The number of allylic oxidation sites excluding steroid dienone is 2. The van der Waals surface area contributed by atoms with Crippen LogP contribution in [0.15, 0.2) is 72.1 Å². The molecular formula is C21H24N4O. The summed E-state index contributed by atoms with van der Waals surface area (Å²) in [7, 11) is 0. The van der Waals surface area contributed by atoms with E-state index in [2.05, 4.69) is 5.32 Å². The fourth-order valence-corrected chi connectivity index (χ4v) is 2.95. The highest BCUT2D eigenvalue weighted by atomic mass is 16.1. The average molecular weight is 348 g/mol. The molecule has 0 saturated heterocycles. The lowest BCUT2D eigenvalue weighted by Crippen LogP contribution is -2.25. The van der Waals surface area contributed by atoms with Gasteiger partial charge in [-0.2, -0.15) is 0 Å². The molecule has 0 aromatic heterocycles. The molecule has 0 spiro atoms. The summed E-state index contributed by atoms with van der Waals surface area (Å²) in [5, 5.41) is 4.90. The standard InChI is InChI=1S/C21H24N4O/c1-15-20(11-12-21(15)26)24-18-9-7-17(8-10-18)19(22)14-25(23)13-16-5-3-2-4-6-16/h2-10,14,24H,11-13,22-23H2,1H3/b19-14-. The SMILES string of the molecule is CC1=C(Nc2ccc(/C(N)=C/N(N)Cc3ccccc3)cc2)CCC1=O. The van der Waals surface area contributed by atoms with Gasteiger partial charge in [-0.25, -0.2) is 5.84 Å². The van der Waals surface area contributed by atoms with Gasteiger partial charge in [0.1, 0.15) is 0 Å². The Morgan fingerprint density at radius 2 is 1.81 bits per heavy atom. The molecule has 0 heterocycles. The predicted octanol–water partition coefficient (Wildman–Crippen LogP) is 3.37. The van der Waals surface area contributed by atoms with Gasteiger partial charge in [0.25, 0.3) is 0 Å². The van der Waals surface area contributed by atoms with E-state index in [4.69, 9.17) is 11.6 Å². The van der Waals surface area contributed by atoms with Gasteiger partial charge in [-0.3, -0.25) is 4.79 Å². The third kappa shape index (κ3) is 4.32. The monoisotopic (exact) mass is 348 g/mol. The van der Waals surface area contributed by atoms with E-state index in [1.165, 1.54) is 0 Å². The topological polar surface area (TPSA) is 84.4 Å². The van der Waals surface area contributed by atoms with Crippen LogP contribution in [0.4, 0.5) is 5.69 Å². The molecule has 1 aliphatic rings. The Bertz CT molecular complexity index is 838. The van der Waals surface area contributed by atoms with Gasteiger partial charge in [-0.05, 0) is 36.6 Å². The number of nitrogens with one attached hydrogen (secondary N) is 1. The van der Waals surface area contributed by atoms with E-state index < -0.39 is 0 Å². The quantitative estimate of drug-likeness (QED) is 0.550. The number of hydrogen-bond acceptors (Lipinski definition) is 5. The van der Waals surface area contributed by atoms with Crippen molar-refractivity contribution < 1.29 is 4.79 Å². The maximum atomic E-state index is 11.6. The lowest BCUT2D eigenvalue weighted by Gasteiger charge is -2.15. The number of carbonyl (C=O) groups is 1. The molecule has 5 N–H and O–H groups in total. The number of hydrogen-bond donors (Lipinski definition) is 3. The highest BCUT2D eigenvalue weighted by Gasteiger charge is 2.18. The Morgan fingerprint density at radius 3 is 2.42 bits per heavy atom. The summed E-state index contributed by atoms with van der Waals surface area (Å²) in [6.45, 7) is 2.46. The first-order valence-corrected chi connectivity index (χ1v) is 8.66. The molecule has 0 radical (unpaired) electrons. The summed E-state index contributed by atoms with van der Waals surface area (Å²) in [5.74, 6) is 6.26. The lowest BCUT2D eigenvalue weighted by molar-refractivity contribution is -0.114. The molecule has 0 atom stereocenters. The van der Waals surface area contributed by atoms with Gasteiger partial charge in [-0.15, -0.1) is 0 Å². The van der Waals surface area contributed by atoms with Crippen LogP contribution in [0.3, 0.4) is 0 Å². The molecular weight excluding hydrogens is 324 g/mol. The Morgan fingerprint density at radius 1 is 1.12 bits per heavy atom. The van der Waals surface area contributed by atoms with Crippen molar-refractivity contribution in [2.24, 2.45) is 11.6 Å². The second kappa shape index (κ2) is 7.89. The molecule has 2 aromatic rings. The molecule has 26 heavy (non-hydrogen) atoms. The third-order valence-electron chi connectivity index (χ3n) is 4.50. The number of carbonyl (C=O) groups excluding carboxylic acids is 1. The zero-order valence-electron chi connectivity index (χ0n) is 14.9. The Labute approximate surface area is 154 Å². The van der Waals surface area contributed by atoms with E-state index in [0.29, 0.717) is 18.7 Å². The molecule has 134 valence electrons. The fourth-order valence-electron chi connectivity index (χ4n) is 2.95. The molecule has 5 nitrogen and oxygen atoms in total. The molecule has 1 aliphatic carbocycles. The van der Waals surface area contributed by atoms with Crippen LogP contribution in [-0.4, -0.2) is 10.8 Å². The second-order valence-corrected chi connectivity index (χ2v) is 6.47. The summed E-state index contributed by atoms with van der Waals surface area (Å²) in [6, 6.07) is 17.8. The smallest absolute Gasteiger partial charge is 0.160 e. The number of ketones is 1. The summed E-state index contributed by atoms with van der Waals surface area (Å²) >= 11 is 0. The van der Waals surface area contributed by atoms with Crippen molar-refractivity contribution in [1.82, 2.24) is 5.01 Å². The number of nitrogens with zero attached hydrogens (tertiary/aromatic N) is 1. The highest BCUT2D eigenvalue weighted by Crippen LogP contribution is 2.25. The number of anilines is 1. The van der Waals surface area contributed by atoms with Gasteiger partial charge in [0.05, 0.1) is 12.2 Å². The third-order valence-corrected chi connectivity index (χ3v) is 4.50. The summed E-state index contributed by atoms with van der Waals surface area (Å²) in [6.07, 6.45) is 3.10. The largest absolute Gasteiger partial charge is 0.397 e. The first kappa shape index (κ1) is 17.8. The van der Waals surface area contributed by atoms with Crippen LogP contribution in [0.2, 0.25) is 0 Å². The van der Waals surface area contributed by atoms with Gasteiger partial charge >= 0.3 is 0 Å². The zero-order chi connectivity index (χ0) is 18.5. The molecule has 0 aliphatic heterocycles. The number of benzene rings is 2. The molecule has 5 heteroatoms. The van der Waals surface area contributed by atoms with Crippen LogP contribution in [0, 0.1) is 0 Å². The second-order valence-electron chi connectivity index (χ2n) is 6.47. The van der Waals surface area contributed by atoms with E-state index >= 15 is 0 Å². The van der Waals surface area contributed by atoms with E-state index in [-0.39, 0.29) is 5.78 Å². The zero-order valence-corrected chi connectivity index (χ0v) is 14.9. The van der Waals surface area contributed by atoms with Crippen LogP contribution >= 0.6 is 0 Å². The van der Waals surface area contributed by atoms with Crippen LogP contribution in [0.1, 0.15) is 30.9 Å². The molecule has 0 fully saturated rings. The number of rotatable bonds is 6. The molecule has 0 amide bonds. The lowest BCUT2D eigenvalue weighted by atomic mass is 10.1. The summed E-state index contributed by atoms with van der Waals surface area (Å²) in [5.41, 5.74) is 11.6. The number of Topliss-reactive ketones (excluding diaryl/α,β-unsaturated/α-hetero) is 1. The molecule has 3 rings (SSSR count). The Kier molecular flexibility index (Phi) is 5.39. The maximum Gasteiger partial charge on any atom is 0.160 e. The minimum absolute atomic E-state index is 0.220. The van der Waals surface area contributed by atoms with Gasteiger partial charge in [0.2, 0.25) is 0 Å². The fraction of sp³-hybridized carbons (Fsp3) is 0.190. The first-order valence-electron chi connectivity index (χ1n) is 8.66. The predicted molar refractivity (Wildman–Crippen MR) is 105 cm³/mol. The number of nitrogens with two attached hydrogens (primary N) is 2. The van der Waals surface area contributed by atoms with E-state index in [9.17, 15) is 4.79 Å². The van der Waals surface area contributed by atoms with Crippen molar-refractivity contribution in [3.8, 4) is 0 Å². The summed E-state index contributed by atoms with van der Waals surface area (Å²) < 4.78 is 0. The van der Waals surface area contributed by atoms with Gasteiger partial charge in [-0.1, -0.05) is 42.5 Å². The van der Waals surface area contributed by atoms with Crippen LogP contribution in [0.5, 0.6) is 0 Å². The van der Waals surface area contributed by atoms with Crippen LogP contribution < -0.4 is 16.9 Å². The van der Waals surface area contributed by atoms with E-state index in [1.807, 2.05) is 61.5 Å². The molecule has 2 aromatic carbocycles. The Hall–Kier alpha value is -3.05. The van der Waals surface area contributed by atoms with Gasteiger partial charge < -0.3 is 16.1 Å². The van der Waals surface area contributed by atoms with Crippen molar-refractivity contribution >= 4 is 17.2 Å². The highest BCUT2D eigenvalue weighted by molar-refractivity contribution is 5.98. The number of hydrazine groups is 1. The normalized spacial score (nSPS) is 14.7. The van der Waals surface area contributed by atoms with Crippen molar-refractivity contribution in [3.05, 3.63) is 83.2 Å². The van der Waals surface area contributed by atoms with Crippen molar-refractivity contribution in [1.29, 1.82) is 0 Å². The average Bonchev–Trinajstić information content (AvgIpc) is 2.95. The maximum absolute atomic E-state index is 11.6. The van der Waals surface area contributed by atoms with Crippen LogP contribution in [0.25, 0.3) is 5.70 Å². The Balaban J connectivity index is 1.65. The molecule has 0 saturated carbocycles. The first-order chi connectivity index (χ1) is 12.5. The van der Waals surface area contributed by atoms with Gasteiger partial charge in [0, 0.05) is 29.6 Å². The summed E-state index contributed by atoms with van der Waals surface area (Å²) in [4.78, 5) is 11.6. The minimum atomic E-state index is 0.220. The van der Waals surface area contributed by atoms with E-state index in [1.54, 1.807) is 11.2 Å².